The van der Waals surface area contributed by atoms with Crippen molar-refractivity contribution in [2.24, 2.45) is 4.99 Å². The molecule has 28 heavy (non-hydrogen) atoms. The van der Waals surface area contributed by atoms with Gasteiger partial charge in [-0.25, -0.2) is 17.2 Å². The van der Waals surface area contributed by atoms with Crippen molar-refractivity contribution in [3.63, 3.8) is 0 Å². The van der Waals surface area contributed by atoms with Crippen LogP contribution in [-0.2, 0) is 23.0 Å². The van der Waals surface area contributed by atoms with Gasteiger partial charge >= 0.3 is 0 Å². The van der Waals surface area contributed by atoms with Gasteiger partial charge in [-0.05, 0) is 36.2 Å². The van der Waals surface area contributed by atoms with Gasteiger partial charge in [-0.1, -0.05) is 18.2 Å². The van der Waals surface area contributed by atoms with Gasteiger partial charge in [0.1, 0.15) is 11.6 Å². The Hall–Kier alpha value is -2.68. The maximum absolute atomic E-state index is 13.7. The van der Waals surface area contributed by atoms with Crippen LogP contribution in [0.3, 0.4) is 0 Å². The number of nitrogens with zero attached hydrogens (tertiary/aromatic N) is 2. The average molecular weight is 408 g/mol. The molecule has 2 N–H and O–H groups in total. The van der Waals surface area contributed by atoms with Gasteiger partial charge in [0.25, 0.3) is 0 Å². The van der Waals surface area contributed by atoms with E-state index >= 15 is 0 Å². The molecule has 0 atom stereocenters. The minimum Gasteiger partial charge on any atom is -0.355 e. The Morgan fingerprint density at radius 3 is 2.75 bits per heavy atom. The lowest BCUT2D eigenvalue weighted by molar-refractivity contribution is 0.581. The highest BCUT2D eigenvalue weighted by molar-refractivity contribution is 7.92. The summed E-state index contributed by atoms with van der Waals surface area (Å²) >= 11 is 0. The van der Waals surface area contributed by atoms with E-state index in [9.17, 15) is 17.2 Å². The molecule has 1 aliphatic rings. The molecule has 0 radical (unpaired) electrons. The quantitative estimate of drug-likeness (QED) is 0.567. The van der Waals surface area contributed by atoms with Crippen molar-refractivity contribution in [2.75, 3.05) is 30.2 Å². The summed E-state index contributed by atoms with van der Waals surface area (Å²) in [5.74, 6) is -0.866. The number of guanidine groups is 1. The first-order valence-electron chi connectivity index (χ1n) is 8.87. The summed E-state index contributed by atoms with van der Waals surface area (Å²) in [5, 5.41) is 5.74. The lowest BCUT2D eigenvalue weighted by atomic mass is 10.2. The van der Waals surface area contributed by atoms with E-state index < -0.39 is 21.7 Å². The standard InChI is InChI=1S/C19H22F2N4O2S/c1-22-19(24-13-15-12-16(20)6-7-17(15)21)23-9-11-28(26,27)25-10-8-14-4-2-3-5-18(14)25/h2-7,12H,8-11,13H2,1H3,(H2,22,23,24). The molecule has 9 heteroatoms. The number of nitrogens with one attached hydrogen (secondary N) is 2. The highest BCUT2D eigenvalue weighted by Crippen LogP contribution is 2.29. The van der Waals surface area contributed by atoms with Crippen LogP contribution in [0.5, 0.6) is 0 Å². The second-order valence-corrected chi connectivity index (χ2v) is 8.37. The van der Waals surface area contributed by atoms with E-state index in [1.54, 1.807) is 6.07 Å². The fourth-order valence-corrected chi connectivity index (χ4v) is 4.51. The van der Waals surface area contributed by atoms with Crippen molar-refractivity contribution in [3.05, 3.63) is 65.2 Å². The second-order valence-electron chi connectivity index (χ2n) is 6.36. The number of rotatable bonds is 6. The fraction of sp³-hybridized carbons (Fsp3) is 0.316. The minimum atomic E-state index is -3.48. The van der Waals surface area contributed by atoms with E-state index in [0.29, 0.717) is 18.9 Å². The van der Waals surface area contributed by atoms with Gasteiger partial charge in [-0.2, -0.15) is 0 Å². The van der Waals surface area contributed by atoms with Crippen molar-refractivity contribution in [1.29, 1.82) is 0 Å². The third kappa shape index (κ3) is 4.59. The van der Waals surface area contributed by atoms with E-state index in [1.807, 2.05) is 18.2 Å². The average Bonchev–Trinajstić information content (AvgIpc) is 3.12. The van der Waals surface area contributed by atoms with Gasteiger partial charge in [0.05, 0.1) is 11.4 Å². The largest absolute Gasteiger partial charge is 0.355 e. The molecule has 1 heterocycles. The van der Waals surface area contributed by atoms with E-state index in [2.05, 4.69) is 15.6 Å². The summed E-state index contributed by atoms with van der Waals surface area (Å²) < 4.78 is 53.7. The van der Waals surface area contributed by atoms with Crippen LogP contribution < -0.4 is 14.9 Å². The van der Waals surface area contributed by atoms with E-state index in [0.717, 1.165) is 29.4 Å². The predicted octanol–water partition coefficient (Wildman–Crippen LogP) is 2.02. The molecule has 2 aromatic carbocycles. The molecule has 6 nitrogen and oxygen atoms in total. The molecule has 0 fully saturated rings. The Balaban J connectivity index is 1.54. The number of aliphatic imine (C=N–C) groups is 1. The van der Waals surface area contributed by atoms with Crippen LogP contribution in [0.25, 0.3) is 0 Å². The lowest BCUT2D eigenvalue weighted by Gasteiger charge is -2.20. The van der Waals surface area contributed by atoms with Crippen LogP contribution in [-0.4, -0.2) is 40.3 Å². The number of anilines is 1. The molecule has 0 unspecified atom stereocenters. The molecule has 0 saturated carbocycles. The number of hydrogen-bond acceptors (Lipinski definition) is 3. The van der Waals surface area contributed by atoms with Crippen LogP contribution in [0.2, 0.25) is 0 Å². The SMILES string of the molecule is CN=C(NCCS(=O)(=O)N1CCc2ccccc21)NCc1cc(F)ccc1F. The maximum Gasteiger partial charge on any atom is 0.236 e. The Labute approximate surface area is 163 Å². The molecule has 150 valence electrons. The topological polar surface area (TPSA) is 73.8 Å². The first kappa shape index (κ1) is 20.1. The lowest BCUT2D eigenvalue weighted by Crippen LogP contribution is -2.41. The van der Waals surface area contributed by atoms with Crippen LogP contribution in [0, 0.1) is 11.6 Å². The summed E-state index contributed by atoms with van der Waals surface area (Å²) in [6, 6.07) is 10.7. The molecule has 2 aromatic rings. The zero-order valence-electron chi connectivity index (χ0n) is 15.5. The molecular formula is C19H22F2N4O2S. The number of hydrogen-bond donors (Lipinski definition) is 2. The van der Waals surface area contributed by atoms with Gasteiger partial charge in [0.15, 0.2) is 5.96 Å². The summed E-state index contributed by atoms with van der Waals surface area (Å²) in [6.45, 7) is 0.593. The molecule has 0 amide bonds. The van der Waals surface area contributed by atoms with Crippen molar-refractivity contribution in [1.82, 2.24) is 10.6 Å². The summed E-state index contributed by atoms with van der Waals surface area (Å²) in [5.41, 5.74) is 1.91. The van der Waals surface area contributed by atoms with E-state index in [-0.39, 0.29) is 24.4 Å². The van der Waals surface area contributed by atoms with Gasteiger partial charge in [-0.15, -0.1) is 0 Å². The van der Waals surface area contributed by atoms with Gasteiger partial charge < -0.3 is 10.6 Å². The summed E-state index contributed by atoms with van der Waals surface area (Å²) in [6.07, 6.45) is 0.700. The molecule has 0 saturated heterocycles. The summed E-state index contributed by atoms with van der Waals surface area (Å²) in [7, 11) is -1.96. The normalized spacial score (nSPS) is 14.1. The van der Waals surface area contributed by atoms with Crippen molar-refractivity contribution >= 4 is 21.7 Å². The van der Waals surface area contributed by atoms with Crippen LogP contribution in [0.1, 0.15) is 11.1 Å². The molecular weight excluding hydrogens is 386 g/mol. The van der Waals surface area contributed by atoms with Crippen LogP contribution >= 0.6 is 0 Å². The predicted molar refractivity (Wildman–Crippen MR) is 106 cm³/mol. The van der Waals surface area contributed by atoms with Crippen molar-refractivity contribution < 1.29 is 17.2 Å². The Morgan fingerprint density at radius 2 is 1.96 bits per heavy atom. The molecule has 0 aliphatic carbocycles. The highest BCUT2D eigenvalue weighted by Gasteiger charge is 2.28. The first-order valence-corrected chi connectivity index (χ1v) is 10.5. The van der Waals surface area contributed by atoms with Gasteiger partial charge in [-0.3, -0.25) is 9.30 Å². The molecule has 0 aromatic heterocycles. The van der Waals surface area contributed by atoms with Crippen LogP contribution in [0.15, 0.2) is 47.5 Å². The summed E-state index contributed by atoms with van der Waals surface area (Å²) in [4.78, 5) is 3.98. The number of sulfonamides is 1. The first-order chi connectivity index (χ1) is 13.4. The Kier molecular flexibility index (Phi) is 6.13. The number of para-hydroxylation sites is 1. The zero-order chi connectivity index (χ0) is 20.1. The molecule has 0 spiro atoms. The van der Waals surface area contributed by atoms with Gasteiger partial charge in [0, 0.05) is 32.2 Å². The Morgan fingerprint density at radius 1 is 1.18 bits per heavy atom. The molecule has 0 bridgehead atoms. The molecule has 1 aliphatic heterocycles. The minimum absolute atomic E-state index is 0.0233. The smallest absolute Gasteiger partial charge is 0.236 e. The van der Waals surface area contributed by atoms with Crippen molar-refractivity contribution in [3.8, 4) is 0 Å². The monoisotopic (exact) mass is 408 g/mol. The highest BCUT2D eigenvalue weighted by atomic mass is 32.2. The fourth-order valence-electron chi connectivity index (χ4n) is 3.08. The van der Waals surface area contributed by atoms with Gasteiger partial charge in [0.2, 0.25) is 10.0 Å². The number of halogens is 2. The van der Waals surface area contributed by atoms with Crippen LogP contribution in [0.4, 0.5) is 14.5 Å². The molecule has 3 rings (SSSR count). The third-order valence-electron chi connectivity index (χ3n) is 4.51. The van der Waals surface area contributed by atoms with Crippen molar-refractivity contribution in [2.45, 2.75) is 13.0 Å². The number of fused-ring (bicyclic) bond motifs is 1. The second kappa shape index (κ2) is 8.55. The van der Waals surface area contributed by atoms with E-state index in [1.165, 1.54) is 11.4 Å². The van der Waals surface area contributed by atoms with E-state index in [4.69, 9.17) is 0 Å². The maximum atomic E-state index is 13.7. The third-order valence-corrected chi connectivity index (χ3v) is 6.28. The Bertz CT molecular complexity index is 980. The number of benzene rings is 2. The zero-order valence-corrected chi connectivity index (χ0v) is 16.3.